The lowest BCUT2D eigenvalue weighted by molar-refractivity contribution is -0.121. The van der Waals surface area contributed by atoms with Gasteiger partial charge in [-0.2, -0.15) is 0 Å². The van der Waals surface area contributed by atoms with Crippen molar-refractivity contribution in [1.82, 2.24) is 5.32 Å². The summed E-state index contributed by atoms with van der Waals surface area (Å²) in [5.74, 6) is 0.538. The highest BCUT2D eigenvalue weighted by molar-refractivity contribution is 7.91. The molecule has 0 aromatic heterocycles. The zero-order chi connectivity index (χ0) is 17.0. The van der Waals surface area contributed by atoms with Crippen molar-refractivity contribution < 1.29 is 17.9 Å². The van der Waals surface area contributed by atoms with E-state index in [4.69, 9.17) is 4.74 Å². The van der Waals surface area contributed by atoms with E-state index < -0.39 is 15.9 Å². The van der Waals surface area contributed by atoms with Crippen LogP contribution in [0.4, 0.5) is 0 Å². The highest BCUT2D eigenvalue weighted by Gasteiger charge is 2.34. The van der Waals surface area contributed by atoms with E-state index in [1.54, 1.807) is 24.3 Å². The molecule has 0 saturated heterocycles. The molecule has 0 spiro atoms. The zero-order valence-electron chi connectivity index (χ0n) is 13.1. The van der Waals surface area contributed by atoms with Gasteiger partial charge in [0.05, 0.1) is 23.3 Å². The largest absolute Gasteiger partial charge is 0.494 e. The maximum Gasteiger partial charge on any atom is 0.220 e. The first-order chi connectivity index (χ1) is 11.6. The SMILES string of the molecule is O=C(CCCOc1ccccc1)NC1CS(=O)(=O)c2ccccc21. The number of sulfone groups is 1. The normalized spacial score (nSPS) is 17.9. The van der Waals surface area contributed by atoms with Crippen LogP contribution in [0, 0.1) is 0 Å². The number of hydrogen-bond donors (Lipinski definition) is 1. The van der Waals surface area contributed by atoms with Gasteiger partial charge in [-0.15, -0.1) is 0 Å². The molecule has 1 heterocycles. The molecule has 0 bridgehead atoms. The minimum Gasteiger partial charge on any atom is -0.494 e. The van der Waals surface area contributed by atoms with Crippen LogP contribution < -0.4 is 10.1 Å². The van der Waals surface area contributed by atoms with Crippen LogP contribution in [-0.4, -0.2) is 26.7 Å². The van der Waals surface area contributed by atoms with E-state index in [1.165, 1.54) is 0 Å². The number of fused-ring (bicyclic) bond motifs is 1. The molecule has 0 radical (unpaired) electrons. The summed E-state index contributed by atoms with van der Waals surface area (Å²) in [6, 6.07) is 15.8. The number of nitrogens with one attached hydrogen (secondary N) is 1. The van der Waals surface area contributed by atoms with Crippen LogP contribution in [0.1, 0.15) is 24.4 Å². The highest BCUT2D eigenvalue weighted by atomic mass is 32.2. The fourth-order valence-electron chi connectivity index (χ4n) is 2.78. The van der Waals surface area contributed by atoms with Crippen molar-refractivity contribution in [3.05, 3.63) is 60.2 Å². The van der Waals surface area contributed by atoms with Gasteiger partial charge in [-0.25, -0.2) is 8.42 Å². The second-order valence-electron chi connectivity index (χ2n) is 5.70. The van der Waals surface area contributed by atoms with Crippen molar-refractivity contribution in [3.8, 4) is 5.75 Å². The van der Waals surface area contributed by atoms with E-state index >= 15 is 0 Å². The molecule has 2 aromatic carbocycles. The average molecular weight is 345 g/mol. The van der Waals surface area contributed by atoms with E-state index in [0.717, 1.165) is 5.75 Å². The summed E-state index contributed by atoms with van der Waals surface area (Å²) in [5, 5.41) is 2.82. The maximum absolute atomic E-state index is 12.1. The van der Waals surface area contributed by atoms with Crippen LogP contribution in [0.2, 0.25) is 0 Å². The standard InChI is InChI=1S/C18H19NO4S/c20-18(11-6-12-23-14-7-2-1-3-8-14)19-16-13-24(21,22)17-10-5-4-9-15(16)17/h1-5,7-10,16H,6,11-13H2,(H,19,20). The second kappa shape index (κ2) is 7.05. The predicted molar refractivity (Wildman–Crippen MR) is 90.5 cm³/mol. The van der Waals surface area contributed by atoms with Gasteiger partial charge in [-0.05, 0) is 30.2 Å². The lowest BCUT2D eigenvalue weighted by Gasteiger charge is -2.13. The predicted octanol–water partition coefficient (Wildman–Crippen LogP) is 2.49. The smallest absolute Gasteiger partial charge is 0.220 e. The fraction of sp³-hybridized carbons (Fsp3) is 0.278. The Morgan fingerprint density at radius 2 is 1.79 bits per heavy atom. The van der Waals surface area contributed by atoms with Gasteiger partial charge in [0.25, 0.3) is 0 Å². The Bertz CT molecular complexity index is 818. The summed E-state index contributed by atoms with van der Waals surface area (Å²) in [5.41, 5.74) is 0.673. The molecule has 1 N–H and O–H groups in total. The van der Waals surface area contributed by atoms with Crippen molar-refractivity contribution in [2.45, 2.75) is 23.8 Å². The minimum atomic E-state index is -3.30. The summed E-state index contributed by atoms with van der Waals surface area (Å²) >= 11 is 0. The number of ether oxygens (including phenoxy) is 1. The molecule has 0 saturated carbocycles. The Morgan fingerprint density at radius 1 is 1.08 bits per heavy atom. The number of para-hydroxylation sites is 1. The molecule has 1 amide bonds. The first kappa shape index (κ1) is 16.5. The molecular formula is C18H19NO4S. The number of rotatable bonds is 6. The number of amides is 1. The Labute approximate surface area is 141 Å². The van der Waals surface area contributed by atoms with Gasteiger partial charge in [-0.1, -0.05) is 36.4 Å². The lowest BCUT2D eigenvalue weighted by atomic mass is 10.1. The number of carbonyl (C=O) groups is 1. The zero-order valence-corrected chi connectivity index (χ0v) is 14.0. The quantitative estimate of drug-likeness (QED) is 0.817. The van der Waals surface area contributed by atoms with Gasteiger partial charge in [0.15, 0.2) is 9.84 Å². The van der Waals surface area contributed by atoms with E-state index in [0.29, 0.717) is 29.9 Å². The Hall–Kier alpha value is -2.34. The van der Waals surface area contributed by atoms with E-state index in [2.05, 4.69) is 5.32 Å². The summed E-state index contributed by atoms with van der Waals surface area (Å²) in [4.78, 5) is 12.4. The Morgan fingerprint density at radius 3 is 2.58 bits per heavy atom. The number of benzene rings is 2. The van der Waals surface area contributed by atoms with Gasteiger partial charge in [0, 0.05) is 6.42 Å². The van der Waals surface area contributed by atoms with Crippen LogP contribution in [0.15, 0.2) is 59.5 Å². The lowest BCUT2D eigenvalue weighted by Crippen LogP contribution is -2.29. The molecule has 1 aliphatic rings. The molecule has 126 valence electrons. The van der Waals surface area contributed by atoms with Gasteiger partial charge < -0.3 is 10.1 Å². The molecule has 0 fully saturated rings. The topological polar surface area (TPSA) is 72.5 Å². The van der Waals surface area contributed by atoms with Gasteiger partial charge in [0.1, 0.15) is 5.75 Å². The minimum absolute atomic E-state index is 0.0708. The molecule has 6 heteroatoms. The molecule has 3 rings (SSSR count). The van der Waals surface area contributed by atoms with Crippen LogP contribution in [0.25, 0.3) is 0 Å². The fourth-order valence-corrected chi connectivity index (χ4v) is 4.51. The van der Waals surface area contributed by atoms with Crippen molar-refractivity contribution in [3.63, 3.8) is 0 Å². The second-order valence-corrected chi connectivity index (χ2v) is 7.71. The van der Waals surface area contributed by atoms with Gasteiger partial charge in [0.2, 0.25) is 5.91 Å². The molecule has 24 heavy (non-hydrogen) atoms. The van der Waals surface area contributed by atoms with E-state index in [9.17, 15) is 13.2 Å². The van der Waals surface area contributed by atoms with Crippen LogP contribution >= 0.6 is 0 Å². The first-order valence-corrected chi connectivity index (χ1v) is 9.50. The van der Waals surface area contributed by atoms with Crippen LogP contribution in [-0.2, 0) is 14.6 Å². The molecule has 1 aliphatic heterocycles. The third-order valence-corrected chi connectivity index (χ3v) is 5.72. The third kappa shape index (κ3) is 3.76. The summed E-state index contributed by atoms with van der Waals surface area (Å²) in [6.45, 7) is 0.441. The Kier molecular flexibility index (Phi) is 4.85. The molecule has 5 nitrogen and oxygen atoms in total. The Balaban J connectivity index is 1.49. The van der Waals surface area contributed by atoms with Crippen molar-refractivity contribution in [1.29, 1.82) is 0 Å². The van der Waals surface area contributed by atoms with Crippen molar-refractivity contribution in [2.24, 2.45) is 0 Å². The average Bonchev–Trinajstić information content (AvgIpc) is 2.84. The van der Waals surface area contributed by atoms with Crippen molar-refractivity contribution >= 4 is 15.7 Å². The van der Waals surface area contributed by atoms with E-state index in [-0.39, 0.29) is 11.7 Å². The summed E-state index contributed by atoms with van der Waals surface area (Å²) in [6.07, 6.45) is 0.868. The molecule has 1 atom stereocenters. The molecular weight excluding hydrogens is 326 g/mol. The summed E-state index contributed by atoms with van der Waals surface area (Å²) < 4.78 is 29.7. The third-order valence-electron chi connectivity index (χ3n) is 3.91. The van der Waals surface area contributed by atoms with Gasteiger partial charge >= 0.3 is 0 Å². The monoisotopic (exact) mass is 345 g/mol. The van der Waals surface area contributed by atoms with Crippen LogP contribution in [0.3, 0.4) is 0 Å². The maximum atomic E-state index is 12.1. The highest BCUT2D eigenvalue weighted by Crippen LogP contribution is 2.32. The van der Waals surface area contributed by atoms with Gasteiger partial charge in [-0.3, -0.25) is 4.79 Å². The molecule has 2 aromatic rings. The van der Waals surface area contributed by atoms with E-state index in [1.807, 2.05) is 30.3 Å². The van der Waals surface area contributed by atoms with Crippen molar-refractivity contribution in [2.75, 3.05) is 12.4 Å². The molecule has 0 aliphatic carbocycles. The number of hydrogen-bond acceptors (Lipinski definition) is 4. The first-order valence-electron chi connectivity index (χ1n) is 7.85. The molecule has 1 unspecified atom stereocenters. The van der Waals surface area contributed by atoms with Crippen LogP contribution in [0.5, 0.6) is 5.75 Å². The number of carbonyl (C=O) groups excluding carboxylic acids is 1. The summed E-state index contributed by atoms with van der Waals surface area (Å²) in [7, 11) is -3.30.